The molecule has 0 bridgehead atoms. The Morgan fingerprint density at radius 3 is 2.43 bits per heavy atom. The lowest BCUT2D eigenvalue weighted by molar-refractivity contribution is -0.633. The van der Waals surface area contributed by atoms with Crippen molar-refractivity contribution in [3.8, 4) is 0 Å². The Bertz CT molecular complexity index is 595. The molecule has 1 aromatic carbocycles. The van der Waals surface area contributed by atoms with Crippen LogP contribution in [0.3, 0.4) is 0 Å². The van der Waals surface area contributed by atoms with Crippen molar-refractivity contribution in [2.45, 2.75) is 0 Å². The first-order valence-corrected chi connectivity index (χ1v) is 7.60. The van der Waals surface area contributed by atoms with Gasteiger partial charge in [-0.3, -0.25) is 14.4 Å². The van der Waals surface area contributed by atoms with E-state index >= 15 is 0 Å². The number of carbonyl (C=O) groups excluding carboxylic acids is 3. The molecule has 0 aromatic heterocycles. The van der Waals surface area contributed by atoms with E-state index in [-0.39, 0.29) is 37.4 Å². The lowest BCUT2D eigenvalue weighted by Crippen LogP contribution is -2.88. The molecule has 7 nitrogen and oxygen atoms in total. The Balaban J connectivity index is 2.41. The molecule has 0 unspecified atom stereocenters. The van der Waals surface area contributed by atoms with Crippen molar-refractivity contribution in [3.63, 3.8) is 0 Å². The SMILES string of the molecule is CNC(=O)C[NH2+]CC(=O)N(C)CC(=O)Nc1ccc(Cl)c(Cl)c1. The van der Waals surface area contributed by atoms with E-state index in [9.17, 15) is 14.4 Å². The van der Waals surface area contributed by atoms with Gasteiger partial charge in [-0.15, -0.1) is 0 Å². The third-order valence-electron chi connectivity index (χ3n) is 2.94. The summed E-state index contributed by atoms with van der Waals surface area (Å²) in [5.41, 5.74) is 0.497. The van der Waals surface area contributed by atoms with Gasteiger partial charge in [0.25, 0.3) is 11.8 Å². The van der Waals surface area contributed by atoms with Gasteiger partial charge in [0.1, 0.15) is 0 Å². The molecule has 0 spiro atoms. The number of amides is 3. The topological polar surface area (TPSA) is 95.1 Å². The highest BCUT2D eigenvalue weighted by Gasteiger charge is 2.15. The first-order chi connectivity index (χ1) is 10.8. The normalized spacial score (nSPS) is 10.1. The molecule has 0 aliphatic heterocycles. The monoisotopic (exact) mass is 361 g/mol. The minimum absolute atomic E-state index is 0.0873. The fourth-order valence-corrected chi connectivity index (χ4v) is 1.96. The molecule has 0 aliphatic carbocycles. The number of anilines is 1. The number of quaternary nitrogens is 1. The molecule has 23 heavy (non-hydrogen) atoms. The third kappa shape index (κ3) is 6.85. The predicted molar refractivity (Wildman–Crippen MR) is 88.5 cm³/mol. The van der Waals surface area contributed by atoms with Crippen LogP contribution < -0.4 is 16.0 Å². The minimum atomic E-state index is -0.356. The zero-order valence-corrected chi connectivity index (χ0v) is 14.4. The number of hydrogen-bond donors (Lipinski definition) is 3. The largest absolute Gasteiger partial charge is 0.354 e. The van der Waals surface area contributed by atoms with Gasteiger partial charge in [-0.05, 0) is 18.2 Å². The Kier molecular flexibility index (Phi) is 7.80. The van der Waals surface area contributed by atoms with Crippen molar-refractivity contribution in [2.24, 2.45) is 0 Å². The number of carbonyl (C=O) groups is 3. The Labute approximate surface area is 144 Å². The van der Waals surface area contributed by atoms with Crippen molar-refractivity contribution in [2.75, 3.05) is 39.0 Å². The maximum Gasteiger partial charge on any atom is 0.277 e. The summed E-state index contributed by atoms with van der Waals surface area (Å²) in [5.74, 6) is -0.776. The van der Waals surface area contributed by atoms with Crippen molar-refractivity contribution < 1.29 is 19.7 Å². The second-order valence-electron chi connectivity index (χ2n) is 4.80. The molecule has 1 rings (SSSR count). The van der Waals surface area contributed by atoms with Crippen LogP contribution in [0.2, 0.25) is 10.0 Å². The number of nitrogens with zero attached hydrogens (tertiary/aromatic N) is 1. The van der Waals surface area contributed by atoms with Crippen molar-refractivity contribution in [1.82, 2.24) is 10.2 Å². The standard InChI is InChI=1S/C14H18Cl2N4O3/c1-17-12(21)6-18-7-14(23)20(2)8-13(22)19-9-3-4-10(15)11(16)5-9/h3-5,18H,6-8H2,1-2H3,(H,17,21)(H,19,22)/p+1. The Morgan fingerprint density at radius 1 is 1.13 bits per heavy atom. The average Bonchev–Trinajstić information content (AvgIpc) is 2.50. The van der Waals surface area contributed by atoms with Crippen LogP contribution in [0.1, 0.15) is 0 Å². The lowest BCUT2D eigenvalue weighted by Gasteiger charge is -2.16. The maximum atomic E-state index is 11.9. The summed E-state index contributed by atoms with van der Waals surface area (Å²) in [6, 6.07) is 4.72. The predicted octanol–water partition coefficient (Wildman–Crippen LogP) is -0.300. The van der Waals surface area contributed by atoms with Crippen LogP contribution in [0, 0.1) is 0 Å². The zero-order valence-electron chi connectivity index (χ0n) is 12.9. The van der Waals surface area contributed by atoms with E-state index in [1.165, 1.54) is 25.1 Å². The van der Waals surface area contributed by atoms with Gasteiger partial charge in [0, 0.05) is 19.8 Å². The number of likely N-dealkylation sites (N-methyl/N-ethyl adjacent to an activating group) is 2. The molecule has 0 heterocycles. The summed E-state index contributed by atoms with van der Waals surface area (Å²) >= 11 is 11.7. The average molecular weight is 362 g/mol. The number of benzene rings is 1. The molecule has 0 aliphatic rings. The van der Waals surface area contributed by atoms with Crippen LogP contribution in [0.5, 0.6) is 0 Å². The Morgan fingerprint density at radius 2 is 1.83 bits per heavy atom. The van der Waals surface area contributed by atoms with E-state index in [4.69, 9.17) is 23.2 Å². The zero-order chi connectivity index (χ0) is 17.4. The molecule has 1 aromatic rings. The summed E-state index contributed by atoms with van der Waals surface area (Å²) < 4.78 is 0. The second-order valence-corrected chi connectivity index (χ2v) is 5.61. The molecule has 0 saturated heterocycles. The number of rotatable bonds is 7. The van der Waals surface area contributed by atoms with E-state index in [1.807, 2.05) is 0 Å². The van der Waals surface area contributed by atoms with Crippen LogP contribution >= 0.6 is 23.2 Å². The number of nitrogens with two attached hydrogens (primary N) is 1. The highest BCUT2D eigenvalue weighted by molar-refractivity contribution is 6.42. The van der Waals surface area contributed by atoms with Gasteiger partial charge in [0.05, 0.1) is 16.6 Å². The first kappa shape index (κ1) is 19.2. The van der Waals surface area contributed by atoms with Crippen LogP contribution in [0.4, 0.5) is 5.69 Å². The van der Waals surface area contributed by atoms with Crippen molar-refractivity contribution in [1.29, 1.82) is 0 Å². The molecular weight excluding hydrogens is 343 g/mol. The van der Waals surface area contributed by atoms with Crippen molar-refractivity contribution in [3.05, 3.63) is 28.2 Å². The van der Waals surface area contributed by atoms with Crippen LogP contribution in [-0.4, -0.2) is 56.4 Å². The van der Waals surface area contributed by atoms with Gasteiger partial charge in [0.15, 0.2) is 13.1 Å². The highest BCUT2D eigenvalue weighted by Crippen LogP contribution is 2.24. The maximum absolute atomic E-state index is 11.9. The van der Waals surface area contributed by atoms with Crippen molar-refractivity contribution >= 4 is 46.6 Å². The molecule has 0 radical (unpaired) electrons. The smallest absolute Gasteiger partial charge is 0.277 e. The van der Waals surface area contributed by atoms with Gasteiger partial charge >= 0.3 is 0 Å². The number of halogens is 2. The lowest BCUT2D eigenvalue weighted by atomic mass is 10.3. The minimum Gasteiger partial charge on any atom is -0.354 e. The van der Waals surface area contributed by atoms with E-state index < -0.39 is 0 Å². The van der Waals surface area contributed by atoms with E-state index in [0.29, 0.717) is 15.7 Å². The molecular formula is C14H19Cl2N4O3+. The summed E-state index contributed by atoms with van der Waals surface area (Å²) in [5, 5.41) is 7.37. The summed E-state index contributed by atoms with van der Waals surface area (Å²) in [7, 11) is 3.04. The number of nitrogens with one attached hydrogen (secondary N) is 2. The van der Waals surface area contributed by atoms with E-state index in [2.05, 4.69) is 10.6 Å². The molecule has 0 saturated carbocycles. The van der Waals surface area contributed by atoms with Crippen LogP contribution in [-0.2, 0) is 14.4 Å². The molecule has 0 atom stereocenters. The molecule has 3 amide bonds. The molecule has 4 N–H and O–H groups in total. The van der Waals surface area contributed by atoms with E-state index in [0.717, 1.165) is 0 Å². The van der Waals surface area contributed by atoms with Gasteiger partial charge in [-0.2, -0.15) is 0 Å². The molecule has 0 fully saturated rings. The summed E-state index contributed by atoms with van der Waals surface area (Å²) in [6.45, 7) is 0.141. The number of hydrogen-bond acceptors (Lipinski definition) is 3. The van der Waals surface area contributed by atoms with E-state index in [1.54, 1.807) is 17.4 Å². The fourth-order valence-electron chi connectivity index (χ4n) is 1.66. The summed E-state index contributed by atoms with van der Waals surface area (Å²) in [6.07, 6.45) is 0. The van der Waals surface area contributed by atoms with Gasteiger partial charge in [-0.25, -0.2) is 0 Å². The van der Waals surface area contributed by atoms with Gasteiger partial charge in [0.2, 0.25) is 5.91 Å². The van der Waals surface area contributed by atoms with Gasteiger partial charge in [-0.1, -0.05) is 23.2 Å². The van der Waals surface area contributed by atoms with Crippen LogP contribution in [0.25, 0.3) is 0 Å². The van der Waals surface area contributed by atoms with Crippen LogP contribution in [0.15, 0.2) is 18.2 Å². The molecule has 9 heteroatoms. The second kappa shape index (κ2) is 9.34. The third-order valence-corrected chi connectivity index (χ3v) is 3.68. The molecule has 126 valence electrons. The fraction of sp³-hybridized carbons (Fsp3) is 0.357. The summed E-state index contributed by atoms with van der Waals surface area (Å²) in [4.78, 5) is 36.1. The Hall–Kier alpha value is -1.83. The van der Waals surface area contributed by atoms with Gasteiger partial charge < -0.3 is 20.9 Å². The first-order valence-electron chi connectivity index (χ1n) is 6.84. The highest BCUT2D eigenvalue weighted by atomic mass is 35.5. The quantitative estimate of drug-likeness (QED) is 0.622.